The Morgan fingerprint density at radius 2 is 1.97 bits per heavy atom. The van der Waals surface area contributed by atoms with Crippen molar-refractivity contribution in [1.82, 2.24) is 24.4 Å². The average Bonchev–Trinajstić information content (AvgIpc) is 3.49. The molecule has 2 aliphatic heterocycles. The molecule has 2 aromatic rings. The van der Waals surface area contributed by atoms with Gasteiger partial charge in [-0.25, -0.2) is 22.7 Å². The smallest absolute Gasteiger partial charge is 0.382 e. The minimum atomic E-state index is -4.71. The van der Waals surface area contributed by atoms with Crippen LogP contribution in [0.25, 0.3) is 11.1 Å². The van der Waals surface area contributed by atoms with E-state index in [1.807, 2.05) is 6.92 Å². The zero-order valence-corrected chi connectivity index (χ0v) is 20.1. The first kappa shape index (κ1) is 25.4. The van der Waals surface area contributed by atoms with Gasteiger partial charge in [0.1, 0.15) is 18.0 Å². The number of nitrogen functional groups attached to an aromatic ring is 1. The summed E-state index contributed by atoms with van der Waals surface area (Å²) in [5.74, 6) is -4.55. The van der Waals surface area contributed by atoms with Crippen LogP contribution in [-0.4, -0.2) is 67.6 Å². The number of alkyl halides is 6. The predicted octanol–water partition coefficient (Wildman–Crippen LogP) is 4.31. The van der Waals surface area contributed by atoms with E-state index >= 15 is 4.39 Å². The molecule has 1 amide bonds. The molecule has 7 nitrogen and oxygen atoms in total. The fourth-order valence-corrected chi connectivity index (χ4v) is 5.80. The van der Waals surface area contributed by atoms with E-state index in [-0.39, 0.29) is 49.0 Å². The number of likely N-dealkylation sites (tertiary alicyclic amines) is 1. The van der Waals surface area contributed by atoms with E-state index in [4.69, 9.17) is 5.73 Å². The number of hydrogen-bond acceptors (Lipinski definition) is 5. The monoisotopic (exact) mass is 528 g/mol. The molecule has 0 aromatic carbocycles. The quantitative estimate of drug-likeness (QED) is 0.601. The third kappa shape index (κ3) is 4.31. The maximum Gasteiger partial charge on any atom is 0.418 e. The van der Waals surface area contributed by atoms with Crippen molar-refractivity contribution >= 4 is 22.8 Å². The summed E-state index contributed by atoms with van der Waals surface area (Å²) in [6.07, 6.45) is -2.58. The van der Waals surface area contributed by atoms with Crippen LogP contribution in [0.1, 0.15) is 44.4 Å². The number of allylic oxidation sites excluding steroid dienone is 3. The largest absolute Gasteiger partial charge is 0.418 e. The lowest BCUT2D eigenvalue weighted by atomic mass is 9.99. The number of nitrogens with two attached hydrogens (primary N) is 1. The number of anilines is 1. The van der Waals surface area contributed by atoms with Gasteiger partial charge in [0.05, 0.1) is 23.8 Å². The Balaban J connectivity index is 1.49. The first-order valence-electron chi connectivity index (χ1n) is 12.0. The Hall–Kier alpha value is -3.25. The number of aromatic nitrogens is 3. The maximum atomic E-state index is 15.3. The highest BCUT2D eigenvalue weighted by molar-refractivity contribution is 5.83. The normalized spacial score (nSPS) is 28.1. The molecule has 5 rings (SSSR count). The van der Waals surface area contributed by atoms with Crippen LogP contribution in [0.4, 0.5) is 32.2 Å². The lowest BCUT2D eigenvalue weighted by Crippen LogP contribution is -2.46. The van der Waals surface area contributed by atoms with Crippen LogP contribution < -0.4 is 5.73 Å². The molecule has 1 aliphatic carbocycles. The van der Waals surface area contributed by atoms with Gasteiger partial charge in [0.15, 0.2) is 5.82 Å². The number of carbonyl (C=O) groups is 1. The third-order valence-corrected chi connectivity index (χ3v) is 7.56. The Labute approximate surface area is 208 Å². The summed E-state index contributed by atoms with van der Waals surface area (Å²) in [5.41, 5.74) is 5.38. The zero-order chi connectivity index (χ0) is 26.9. The lowest BCUT2D eigenvalue weighted by Gasteiger charge is -2.39. The van der Waals surface area contributed by atoms with Gasteiger partial charge in [-0.3, -0.25) is 4.79 Å². The van der Waals surface area contributed by atoms with Crippen LogP contribution in [0.3, 0.4) is 0 Å². The number of rotatable bonds is 3. The van der Waals surface area contributed by atoms with Crippen molar-refractivity contribution in [2.45, 2.75) is 63.5 Å². The number of nitrogens with zero attached hydrogens (tertiary/aromatic N) is 5. The molecule has 0 radical (unpaired) electrons. The van der Waals surface area contributed by atoms with Gasteiger partial charge in [0.25, 0.3) is 0 Å². The van der Waals surface area contributed by atoms with Gasteiger partial charge in [-0.05, 0) is 26.3 Å². The molecule has 0 bridgehead atoms. The van der Waals surface area contributed by atoms with E-state index in [2.05, 4.69) is 10.1 Å². The summed E-state index contributed by atoms with van der Waals surface area (Å²) in [6.45, 7) is 3.24. The van der Waals surface area contributed by atoms with Crippen molar-refractivity contribution in [3.05, 3.63) is 41.5 Å². The Morgan fingerprint density at radius 1 is 1.24 bits per heavy atom. The fourth-order valence-electron chi connectivity index (χ4n) is 5.80. The van der Waals surface area contributed by atoms with Crippen LogP contribution in [0.15, 0.2) is 30.2 Å². The number of hydrogen-bond donors (Lipinski definition) is 1. The molecule has 13 heteroatoms. The maximum absolute atomic E-state index is 15.3. The molecule has 2 aromatic heterocycles. The van der Waals surface area contributed by atoms with E-state index < -0.39 is 48.1 Å². The Kier molecular flexibility index (Phi) is 5.94. The molecule has 2 N–H and O–H groups in total. The van der Waals surface area contributed by atoms with E-state index in [0.29, 0.717) is 11.3 Å². The molecule has 3 aliphatic rings. The van der Waals surface area contributed by atoms with Gasteiger partial charge in [0.2, 0.25) is 11.8 Å². The van der Waals surface area contributed by atoms with Crippen molar-refractivity contribution in [1.29, 1.82) is 0 Å². The number of halogens is 6. The van der Waals surface area contributed by atoms with E-state index in [0.717, 1.165) is 16.9 Å². The second-order valence-electron chi connectivity index (χ2n) is 9.98. The first-order valence-corrected chi connectivity index (χ1v) is 12.0. The molecule has 1 saturated heterocycles. The fraction of sp³-hybridized carbons (Fsp3) is 0.542. The molecule has 0 spiro atoms. The molecule has 4 atom stereocenters. The van der Waals surface area contributed by atoms with Gasteiger partial charge in [-0.15, -0.1) is 0 Å². The summed E-state index contributed by atoms with van der Waals surface area (Å²) < 4.78 is 85.1. The van der Waals surface area contributed by atoms with Crippen molar-refractivity contribution in [3.8, 4) is 0 Å². The first-order chi connectivity index (χ1) is 17.3. The minimum Gasteiger partial charge on any atom is -0.382 e. The van der Waals surface area contributed by atoms with Gasteiger partial charge in [-0.1, -0.05) is 12.2 Å². The third-order valence-electron chi connectivity index (χ3n) is 7.56. The summed E-state index contributed by atoms with van der Waals surface area (Å²) >= 11 is 0. The molecule has 1 saturated carbocycles. The second kappa shape index (κ2) is 8.66. The number of carbonyl (C=O) groups excluding carboxylic acids is 1. The highest BCUT2D eigenvalue weighted by atomic mass is 19.4. The van der Waals surface area contributed by atoms with Crippen molar-refractivity contribution in [2.24, 2.45) is 5.92 Å². The average molecular weight is 529 g/mol. The van der Waals surface area contributed by atoms with Crippen molar-refractivity contribution < 1.29 is 31.1 Å². The number of amides is 1. The number of fused-ring (bicyclic) bond motifs is 1. The van der Waals surface area contributed by atoms with Crippen LogP contribution in [0.5, 0.6) is 0 Å². The van der Waals surface area contributed by atoms with Crippen LogP contribution in [-0.2, 0) is 11.0 Å². The molecule has 37 heavy (non-hydrogen) atoms. The predicted molar refractivity (Wildman–Crippen MR) is 123 cm³/mol. The highest BCUT2D eigenvalue weighted by Crippen LogP contribution is 2.42. The van der Waals surface area contributed by atoms with E-state index in [9.17, 15) is 26.7 Å². The van der Waals surface area contributed by atoms with Gasteiger partial charge in [0, 0.05) is 42.6 Å². The molecular formula is C24H26F6N6O. The molecular weight excluding hydrogens is 502 g/mol. The van der Waals surface area contributed by atoms with E-state index in [1.165, 1.54) is 4.90 Å². The summed E-state index contributed by atoms with van der Waals surface area (Å²) in [5, 5.41) is 3.98. The lowest BCUT2D eigenvalue weighted by molar-refractivity contribution is -0.136. The zero-order valence-electron chi connectivity index (χ0n) is 20.1. The summed E-state index contributed by atoms with van der Waals surface area (Å²) in [7, 11) is 0. The van der Waals surface area contributed by atoms with Crippen LogP contribution in [0.2, 0.25) is 0 Å². The van der Waals surface area contributed by atoms with Gasteiger partial charge >= 0.3 is 6.18 Å². The Bertz CT molecular complexity index is 1300. The standard InChI is InChI=1S/C24H26F6N6O/c1-12-3-4-15(18-7-16(24(28,29)30)20-21(31)32-11-33-36(18)20)13(2)35(12)19-10-34(9-17(19)25)22(37)14-5-6-23(26,27)8-14/h3-4,7,11-12,14,17,19H,5-6,8-10H2,1-2H3,(H2,31,32,33)/t12?,14?,17-,19+/m0/s1. The highest BCUT2D eigenvalue weighted by Gasteiger charge is 2.48. The van der Waals surface area contributed by atoms with Gasteiger partial charge in [-0.2, -0.15) is 18.3 Å². The van der Waals surface area contributed by atoms with Gasteiger partial charge < -0.3 is 15.5 Å². The molecule has 2 unspecified atom stereocenters. The minimum absolute atomic E-state index is 0.0112. The topological polar surface area (TPSA) is 79.8 Å². The van der Waals surface area contributed by atoms with Crippen LogP contribution in [0, 0.1) is 5.92 Å². The summed E-state index contributed by atoms with van der Waals surface area (Å²) in [4.78, 5) is 19.6. The van der Waals surface area contributed by atoms with Crippen molar-refractivity contribution in [2.75, 3.05) is 18.8 Å². The molecule has 200 valence electrons. The van der Waals surface area contributed by atoms with Crippen LogP contribution >= 0.6 is 0 Å². The second-order valence-corrected chi connectivity index (χ2v) is 9.98. The van der Waals surface area contributed by atoms with E-state index in [1.54, 1.807) is 24.0 Å². The summed E-state index contributed by atoms with van der Waals surface area (Å²) in [6, 6.07) is -0.185. The molecule has 2 fully saturated rings. The van der Waals surface area contributed by atoms with Crippen molar-refractivity contribution in [3.63, 3.8) is 0 Å². The molecule has 4 heterocycles. The SMILES string of the molecule is CC1=C(c2cc(C(F)(F)F)c3c(N)ncnn23)C=CC(C)N1[C@@H]1CN(C(=O)C2CCC(F)(F)C2)C[C@@H]1F. The Morgan fingerprint density at radius 3 is 2.62 bits per heavy atom.